The van der Waals surface area contributed by atoms with Crippen LogP contribution in [0.25, 0.3) is 4.91 Å². The van der Waals surface area contributed by atoms with Gasteiger partial charge in [0.1, 0.15) is 0 Å². The average molecular weight is 315 g/mol. The number of allylic oxidation sites excluding steroid dienone is 2. The van der Waals surface area contributed by atoms with Crippen LogP contribution in [0.5, 0.6) is 0 Å². The molecule has 0 aromatic heterocycles. The summed E-state index contributed by atoms with van der Waals surface area (Å²) in [4.78, 5) is 3.13. The highest BCUT2D eigenvalue weighted by atomic mass is 32.2. The Kier molecular flexibility index (Phi) is 4.15. The van der Waals surface area contributed by atoms with Crippen molar-refractivity contribution in [2.75, 3.05) is 4.31 Å². The van der Waals surface area contributed by atoms with E-state index < -0.39 is 0 Å². The van der Waals surface area contributed by atoms with Gasteiger partial charge in [0.25, 0.3) is 0 Å². The third-order valence-electron chi connectivity index (χ3n) is 2.95. The minimum absolute atomic E-state index is 0.963. The molecular weight excluding hydrogens is 302 g/mol. The second kappa shape index (κ2) is 6.04. The monoisotopic (exact) mass is 315 g/mol. The SMILES string of the molecule is Sc1ccccc1C1=CC=CN(c2ccccc2S)S1. The molecule has 0 unspecified atom stereocenters. The van der Waals surface area contributed by atoms with Gasteiger partial charge in [-0.2, -0.15) is 0 Å². The maximum atomic E-state index is 4.53. The number of thiol groups is 2. The number of nitrogens with zero attached hydrogens (tertiary/aromatic N) is 1. The van der Waals surface area contributed by atoms with E-state index in [4.69, 9.17) is 0 Å². The zero-order valence-corrected chi connectivity index (χ0v) is 13.2. The van der Waals surface area contributed by atoms with Crippen LogP contribution in [0.3, 0.4) is 0 Å². The Labute approximate surface area is 134 Å². The molecule has 0 amide bonds. The molecule has 0 saturated carbocycles. The van der Waals surface area contributed by atoms with Crippen molar-refractivity contribution in [1.82, 2.24) is 0 Å². The molecule has 20 heavy (non-hydrogen) atoms. The molecule has 1 heterocycles. The van der Waals surface area contributed by atoms with Crippen LogP contribution in [0.15, 0.2) is 76.7 Å². The third kappa shape index (κ3) is 2.77. The number of hydrogen-bond donors (Lipinski definition) is 2. The van der Waals surface area contributed by atoms with Gasteiger partial charge < -0.3 is 0 Å². The van der Waals surface area contributed by atoms with E-state index in [0.29, 0.717) is 0 Å². The predicted octanol–water partition coefficient (Wildman–Crippen LogP) is 5.29. The number of benzene rings is 2. The second-order valence-electron chi connectivity index (χ2n) is 4.30. The first kappa shape index (κ1) is 13.7. The van der Waals surface area contributed by atoms with Crippen molar-refractivity contribution in [2.45, 2.75) is 9.79 Å². The zero-order valence-electron chi connectivity index (χ0n) is 10.6. The Hall–Kier alpha value is -1.23. The first-order valence-corrected chi connectivity index (χ1v) is 7.84. The van der Waals surface area contributed by atoms with Crippen molar-refractivity contribution in [3.63, 3.8) is 0 Å². The normalized spacial score (nSPS) is 14.3. The molecule has 0 fully saturated rings. The third-order valence-corrected chi connectivity index (χ3v) is 4.79. The molecule has 1 aliphatic heterocycles. The molecule has 0 bridgehead atoms. The van der Waals surface area contributed by atoms with Crippen molar-refractivity contribution in [1.29, 1.82) is 0 Å². The summed E-state index contributed by atoms with van der Waals surface area (Å²) in [5.74, 6) is 0. The lowest BCUT2D eigenvalue weighted by molar-refractivity contribution is 1.34. The molecule has 0 saturated heterocycles. The summed E-state index contributed by atoms with van der Waals surface area (Å²) in [6, 6.07) is 16.2. The summed E-state index contributed by atoms with van der Waals surface area (Å²) in [6.45, 7) is 0. The molecule has 100 valence electrons. The van der Waals surface area contributed by atoms with E-state index in [1.807, 2.05) is 48.7 Å². The number of para-hydroxylation sites is 1. The summed E-state index contributed by atoms with van der Waals surface area (Å²) in [5.41, 5.74) is 2.23. The predicted molar refractivity (Wildman–Crippen MR) is 94.6 cm³/mol. The van der Waals surface area contributed by atoms with Gasteiger partial charge in [-0.1, -0.05) is 30.3 Å². The Bertz CT molecular complexity index is 692. The summed E-state index contributed by atoms with van der Waals surface area (Å²) < 4.78 is 2.12. The van der Waals surface area contributed by atoms with E-state index in [9.17, 15) is 0 Å². The Morgan fingerprint density at radius 2 is 1.55 bits per heavy atom. The van der Waals surface area contributed by atoms with E-state index in [-0.39, 0.29) is 0 Å². The molecular formula is C16H13NS3. The van der Waals surface area contributed by atoms with Crippen molar-refractivity contribution in [3.8, 4) is 0 Å². The Morgan fingerprint density at radius 1 is 0.850 bits per heavy atom. The standard InChI is InChI=1S/C16H13NS3/c18-14-8-3-1-6-12(14)16-10-5-11-17(20-16)13-7-2-4-9-15(13)19/h1-11,18-19H. The maximum absolute atomic E-state index is 4.53. The van der Waals surface area contributed by atoms with Crippen LogP contribution >= 0.6 is 37.2 Å². The van der Waals surface area contributed by atoms with Crippen LogP contribution in [-0.2, 0) is 0 Å². The minimum atomic E-state index is 0.963. The van der Waals surface area contributed by atoms with E-state index in [1.54, 1.807) is 11.9 Å². The zero-order chi connectivity index (χ0) is 13.9. The fourth-order valence-electron chi connectivity index (χ4n) is 1.98. The summed E-state index contributed by atoms with van der Waals surface area (Å²) >= 11 is 10.7. The smallest absolute Gasteiger partial charge is 0.0654 e. The van der Waals surface area contributed by atoms with Crippen LogP contribution < -0.4 is 4.31 Å². The maximum Gasteiger partial charge on any atom is 0.0654 e. The van der Waals surface area contributed by atoms with E-state index in [2.05, 4.69) is 47.8 Å². The fraction of sp³-hybridized carbons (Fsp3) is 0. The van der Waals surface area contributed by atoms with Gasteiger partial charge in [-0.25, -0.2) is 0 Å². The molecule has 3 rings (SSSR count). The van der Waals surface area contributed by atoms with Gasteiger partial charge in [-0.15, -0.1) is 25.3 Å². The van der Waals surface area contributed by atoms with Crippen molar-refractivity contribution in [2.24, 2.45) is 0 Å². The van der Waals surface area contributed by atoms with Gasteiger partial charge in [-0.3, -0.25) is 4.31 Å². The highest BCUT2D eigenvalue weighted by Crippen LogP contribution is 2.40. The van der Waals surface area contributed by atoms with Gasteiger partial charge in [0, 0.05) is 26.5 Å². The van der Waals surface area contributed by atoms with Crippen LogP contribution in [0.2, 0.25) is 0 Å². The number of hydrogen-bond acceptors (Lipinski definition) is 4. The molecule has 2 aromatic rings. The molecule has 0 atom stereocenters. The van der Waals surface area contributed by atoms with Crippen molar-refractivity contribution < 1.29 is 0 Å². The largest absolute Gasteiger partial charge is 0.287 e. The molecule has 0 spiro atoms. The summed E-state index contributed by atoms with van der Waals surface area (Å²) in [6.07, 6.45) is 6.20. The molecule has 1 aliphatic rings. The van der Waals surface area contributed by atoms with Gasteiger partial charge >= 0.3 is 0 Å². The topological polar surface area (TPSA) is 3.24 Å². The first-order valence-electron chi connectivity index (χ1n) is 6.18. The van der Waals surface area contributed by atoms with Gasteiger partial charge in [0.05, 0.1) is 5.69 Å². The van der Waals surface area contributed by atoms with Gasteiger partial charge in [0.2, 0.25) is 0 Å². The highest BCUT2D eigenvalue weighted by molar-refractivity contribution is 8.09. The van der Waals surface area contributed by atoms with Crippen LogP contribution in [-0.4, -0.2) is 0 Å². The van der Waals surface area contributed by atoms with Crippen LogP contribution in [0.4, 0.5) is 5.69 Å². The first-order chi connectivity index (χ1) is 9.75. The van der Waals surface area contributed by atoms with Crippen molar-refractivity contribution in [3.05, 3.63) is 72.4 Å². The lowest BCUT2D eigenvalue weighted by atomic mass is 10.2. The minimum Gasteiger partial charge on any atom is -0.287 e. The highest BCUT2D eigenvalue weighted by Gasteiger charge is 2.15. The molecule has 4 heteroatoms. The lowest BCUT2D eigenvalue weighted by Crippen LogP contribution is -2.08. The van der Waals surface area contributed by atoms with E-state index in [1.165, 1.54) is 4.91 Å². The molecule has 0 radical (unpaired) electrons. The van der Waals surface area contributed by atoms with Crippen molar-refractivity contribution >= 4 is 47.8 Å². The lowest BCUT2D eigenvalue weighted by Gasteiger charge is -2.24. The molecule has 1 nitrogen and oxygen atoms in total. The second-order valence-corrected chi connectivity index (χ2v) is 6.27. The quantitative estimate of drug-likeness (QED) is 0.573. The van der Waals surface area contributed by atoms with Gasteiger partial charge in [-0.05, 0) is 42.3 Å². The van der Waals surface area contributed by atoms with E-state index >= 15 is 0 Å². The molecule has 0 aliphatic carbocycles. The van der Waals surface area contributed by atoms with Crippen LogP contribution in [0.1, 0.15) is 5.56 Å². The number of rotatable bonds is 2. The molecule has 2 aromatic carbocycles. The van der Waals surface area contributed by atoms with Gasteiger partial charge in [0.15, 0.2) is 0 Å². The fourth-order valence-corrected chi connectivity index (χ4v) is 3.69. The Morgan fingerprint density at radius 3 is 2.30 bits per heavy atom. The van der Waals surface area contributed by atoms with Crippen LogP contribution in [0, 0.1) is 0 Å². The summed E-state index contributed by atoms with van der Waals surface area (Å²) in [5, 5.41) is 0. The Balaban J connectivity index is 1.92. The average Bonchev–Trinajstić information content (AvgIpc) is 2.48. The summed E-state index contributed by atoms with van der Waals surface area (Å²) in [7, 11) is 0. The van der Waals surface area contributed by atoms with E-state index in [0.717, 1.165) is 21.0 Å². The molecule has 0 N–H and O–H groups in total. The number of anilines is 1.